The van der Waals surface area contributed by atoms with Crippen molar-refractivity contribution in [1.29, 1.82) is 0 Å². The van der Waals surface area contributed by atoms with Crippen molar-refractivity contribution in [2.45, 2.75) is 0 Å². The molecule has 0 fully saturated rings. The van der Waals surface area contributed by atoms with Crippen LogP contribution in [0.2, 0.25) is 0 Å². The van der Waals surface area contributed by atoms with E-state index in [1.54, 1.807) is 6.20 Å². The van der Waals surface area contributed by atoms with E-state index in [1.165, 1.54) is 5.69 Å². The molecule has 151 valence electrons. The average Bonchev–Trinajstić information content (AvgIpc) is 3.32. The maximum Gasteiger partial charge on any atom is 0.0966 e. The van der Waals surface area contributed by atoms with Crippen molar-refractivity contribution in [3.8, 4) is 11.3 Å². The van der Waals surface area contributed by atoms with Gasteiger partial charge in [-0.05, 0) is 23.9 Å². The van der Waals surface area contributed by atoms with Gasteiger partial charge >= 0.3 is 0 Å². The van der Waals surface area contributed by atoms with E-state index in [0.717, 1.165) is 23.6 Å². The molecule has 1 aromatic heterocycles. The number of anilines is 2. The molecule has 2 heterocycles. The molecule has 0 N–H and O–H groups in total. The molecule has 1 radical (unpaired) electrons. The molecule has 0 spiro atoms. The first-order chi connectivity index (χ1) is 14.4. The fourth-order valence-electron chi connectivity index (χ4n) is 3.00. The van der Waals surface area contributed by atoms with E-state index in [-0.39, 0.29) is 20.1 Å². The van der Waals surface area contributed by atoms with E-state index in [2.05, 4.69) is 69.6 Å². The van der Waals surface area contributed by atoms with Crippen molar-refractivity contribution in [1.82, 2.24) is 4.98 Å². The SMILES string of the molecule is [Ir].[c-]1ccccc1-c1ccccn1.[c-]1ccccc1N1C=CN(c2ccccc2)C1. The maximum atomic E-state index is 4.22. The van der Waals surface area contributed by atoms with Gasteiger partial charge < -0.3 is 14.8 Å². The van der Waals surface area contributed by atoms with Gasteiger partial charge in [0.15, 0.2) is 0 Å². The molecule has 30 heavy (non-hydrogen) atoms. The molecule has 0 bridgehead atoms. The van der Waals surface area contributed by atoms with Crippen LogP contribution in [0.25, 0.3) is 11.3 Å². The van der Waals surface area contributed by atoms with Gasteiger partial charge in [-0.25, -0.2) is 0 Å². The minimum absolute atomic E-state index is 0. The summed E-state index contributed by atoms with van der Waals surface area (Å²) in [5.41, 5.74) is 4.32. The fraction of sp³-hybridized carbons (Fsp3) is 0.0385. The fourth-order valence-corrected chi connectivity index (χ4v) is 3.00. The standard InChI is InChI=1S/C15H13N2.C11H8N.Ir/c1-3-7-14(8-4-1)16-11-12-17(13-16)15-9-5-2-6-10-15;1-2-6-10(7-3-1)11-8-4-5-9-12-11;/h1-9,11-12H,13H2;1-6,8-9H;/q2*-1;. The van der Waals surface area contributed by atoms with Gasteiger partial charge in [0, 0.05) is 44.4 Å². The zero-order valence-electron chi connectivity index (χ0n) is 16.4. The Morgan fingerprint density at radius 1 is 0.667 bits per heavy atom. The summed E-state index contributed by atoms with van der Waals surface area (Å²) >= 11 is 0. The van der Waals surface area contributed by atoms with Crippen LogP contribution in [0.15, 0.2) is 116 Å². The largest absolute Gasteiger partial charge is 0.351 e. The van der Waals surface area contributed by atoms with Crippen LogP contribution in [0.3, 0.4) is 0 Å². The van der Waals surface area contributed by atoms with E-state index in [4.69, 9.17) is 0 Å². The van der Waals surface area contributed by atoms with Crippen LogP contribution in [0.1, 0.15) is 0 Å². The van der Waals surface area contributed by atoms with Gasteiger partial charge in [-0.1, -0.05) is 36.0 Å². The van der Waals surface area contributed by atoms with Crippen molar-refractivity contribution in [3.05, 3.63) is 128 Å². The zero-order valence-corrected chi connectivity index (χ0v) is 18.7. The van der Waals surface area contributed by atoms with Gasteiger partial charge in [-0.2, -0.15) is 24.3 Å². The van der Waals surface area contributed by atoms with Crippen molar-refractivity contribution >= 4 is 11.4 Å². The number of hydrogen-bond donors (Lipinski definition) is 0. The molecule has 0 saturated heterocycles. The molecule has 0 unspecified atom stereocenters. The number of nitrogens with zero attached hydrogens (tertiary/aromatic N) is 3. The number of aromatic nitrogens is 1. The van der Waals surface area contributed by atoms with Crippen LogP contribution >= 0.6 is 0 Å². The smallest absolute Gasteiger partial charge is 0.0966 e. The van der Waals surface area contributed by atoms with Gasteiger partial charge in [-0.3, -0.25) is 0 Å². The summed E-state index contributed by atoms with van der Waals surface area (Å²) in [7, 11) is 0. The molecule has 5 rings (SSSR count). The first kappa shape index (κ1) is 21.5. The second kappa shape index (κ2) is 11.1. The summed E-state index contributed by atoms with van der Waals surface area (Å²) in [5, 5.41) is 0. The first-order valence-corrected chi connectivity index (χ1v) is 9.52. The van der Waals surface area contributed by atoms with Crippen LogP contribution < -0.4 is 9.80 Å². The third kappa shape index (κ3) is 5.66. The van der Waals surface area contributed by atoms with Gasteiger partial charge in [0.25, 0.3) is 0 Å². The monoisotopic (exact) mass is 568 g/mol. The molecule has 0 amide bonds. The number of pyridine rings is 1. The van der Waals surface area contributed by atoms with Crippen molar-refractivity contribution < 1.29 is 20.1 Å². The second-order valence-electron chi connectivity index (χ2n) is 6.45. The summed E-state index contributed by atoms with van der Waals surface area (Å²) < 4.78 is 0. The summed E-state index contributed by atoms with van der Waals surface area (Å²) in [5.74, 6) is 0. The molecular weight excluding hydrogens is 547 g/mol. The quantitative estimate of drug-likeness (QED) is 0.292. The van der Waals surface area contributed by atoms with Crippen molar-refractivity contribution in [2.75, 3.05) is 16.5 Å². The van der Waals surface area contributed by atoms with E-state index in [9.17, 15) is 0 Å². The Morgan fingerprint density at radius 2 is 1.37 bits per heavy atom. The number of benzene rings is 3. The summed E-state index contributed by atoms with van der Waals surface area (Å²) in [6, 6.07) is 38.4. The third-order valence-corrected chi connectivity index (χ3v) is 4.47. The van der Waals surface area contributed by atoms with Crippen LogP contribution in [-0.2, 0) is 20.1 Å². The average molecular weight is 568 g/mol. The molecular formula is C26H21IrN3-2. The summed E-state index contributed by atoms with van der Waals surface area (Å²) in [4.78, 5) is 8.60. The van der Waals surface area contributed by atoms with Crippen LogP contribution in [0.4, 0.5) is 11.4 Å². The Labute approximate surface area is 191 Å². The Kier molecular flexibility index (Phi) is 7.96. The zero-order chi connectivity index (χ0) is 19.7. The number of hydrogen-bond acceptors (Lipinski definition) is 3. The predicted octanol–water partition coefficient (Wildman–Crippen LogP) is 5.79. The van der Waals surface area contributed by atoms with Crippen molar-refractivity contribution in [3.63, 3.8) is 0 Å². The Hall–Kier alpha value is -3.20. The minimum Gasteiger partial charge on any atom is -0.351 e. The molecule has 4 heteroatoms. The van der Waals surface area contributed by atoms with E-state index < -0.39 is 0 Å². The Morgan fingerprint density at radius 3 is 2.03 bits per heavy atom. The maximum absolute atomic E-state index is 4.22. The van der Waals surface area contributed by atoms with Gasteiger partial charge in [0.05, 0.1) is 6.67 Å². The van der Waals surface area contributed by atoms with Gasteiger partial charge in [0.1, 0.15) is 0 Å². The number of rotatable bonds is 3. The predicted molar refractivity (Wildman–Crippen MR) is 119 cm³/mol. The molecule has 3 aromatic carbocycles. The number of para-hydroxylation sites is 2. The molecule has 4 aromatic rings. The first-order valence-electron chi connectivity index (χ1n) is 9.52. The Bertz CT molecular complexity index is 938. The van der Waals surface area contributed by atoms with Crippen LogP contribution in [0.5, 0.6) is 0 Å². The molecule has 1 aliphatic heterocycles. The van der Waals surface area contributed by atoms with Gasteiger partial charge in [-0.15, -0.1) is 42.0 Å². The van der Waals surface area contributed by atoms with Gasteiger partial charge in [0.2, 0.25) is 0 Å². The van der Waals surface area contributed by atoms with E-state index in [1.807, 2.05) is 66.7 Å². The van der Waals surface area contributed by atoms with Crippen LogP contribution in [0, 0.1) is 12.1 Å². The minimum atomic E-state index is 0. The molecule has 0 aliphatic carbocycles. The molecule has 0 saturated carbocycles. The second-order valence-corrected chi connectivity index (χ2v) is 6.45. The summed E-state index contributed by atoms with van der Waals surface area (Å²) in [6.45, 7) is 0.838. The van der Waals surface area contributed by atoms with E-state index in [0.29, 0.717) is 0 Å². The van der Waals surface area contributed by atoms with E-state index >= 15 is 0 Å². The molecule has 1 aliphatic rings. The van der Waals surface area contributed by atoms with Crippen LogP contribution in [-0.4, -0.2) is 11.7 Å². The Balaban J connectivity index is 0.000000175. The normalized spacial score (nSPS) is 12.0. The topological polar surface area (TPSA) is 19.4 Å². The summed E-state index contributed by atoms with van der Waals surface area (Å²) in [6.07, 6.45) is 5.96. The molecule has 0 atom stereocenters. The van der Waals surface area contributed by atoms with Crippen molar-refractivity contribution in [2.24, 2.45) is 0 Å². The third-order valence-electron chi connectivity index (χ3n) is 4.47. The molecule has 3 nitrogen and oxygen atoms in total.